The number of aliphatic carboxylic acids is 1. The number of rotatable bonds is 4. The molecule has 0 rings (SSSR count). The van der Waals surface area contributed by atoms with Crippen molar-refractivity contribution in [2.45, 2.75) is 19.0 Å². The zero-order valence-corrected chi connectivity index (χ0v) is 5.38. The molecule has 0 aliphatic heterocycles. The standard InChI is InChI=1S/C5H8F2O3/c1-10-3(5(8)9)2-4(6)7/h3-4H,2H2,1H3,(H,8,9). The van der Waals surface area contributed by atoms with Gasteiger partial charge in [-0.2, -0.15) is 0 Å². The van der Waals surface area contributed by atoms with Gasteiger partial charge in [-0.15, -0.1) is 0 Å². The van der Waals surface area contributed by atoms with Crippen LogP contribution < -0.4 is 0 Å². The Bertz CT molecular complexity index is 115. The minimum Gasteiger partial charge on any atom is -0.479 e. The average molecular weight is 154 g/mol. The van der Waals surface area contributed by atoms with Crippen LogP contribution in [0.15, 0.2) is 0 Å². The molecular weight excluding hydrogens is 146 g/mol. The molecule has 0 amide bonds. The third kappa shape index (κ3) is 3.34. The van der Waals surface area contributed by atoms with Crippen LogP contribution in [0.3, 0.4) is 0 Å². The van der Waals surface area contributed by atoms with Gasteiger partial charge in [0, 0.05) is 13.5 Å². The smallest absolute Gasteiger partial charge is 0.333 e. The van der Waals surface area contributed by atoms with Gasteiger partial charge in [-0.25, -0.2) is 13.6 Å². The molecule has 0 bridgehead atoms. The molecule has 5 heteroatoms. The van der Waals surface area contributed by atoms with Gasteiger partial charge in [0.05, 0.1) is 0 Å². The number of hydrogen-bond donors (Lipinski definition) is 1. The third-order valence-corrected chi connectivity index (χ3v) is 0.952. The normalized spacial score (nSPS) is 13.6. The third-order valence-electron chi connectivity index (χ3n) is 0.952. The predicted molar refractivity (Wildman–Crippen MR) is 29.1 cm³/mol. The molecule has 10 heavy (non-hydrogen) atoms. The summed E-state index contributed by atoms with van der Waals surface area (Å²) in [6.45, 7) is 0. The Morgan fingerprint density at radius 3 is 2.30 bits per heavy atom. The molecule has 0 saturated heterocycles. The number of carboxylic acids is 1. The quantitative estimate of drug-likeness (QED) is 0.649. The minimum absolute atomic E-state index is 0.758. The molecule has 1 atom stereocenters. The van der Waals surface area contributed by atoms with Gasteiger partial charge >= 0.3 is 5.97 Å². The van der Waals surface area contributed by atoms with Crippen molar-refractivity contribution >= 4 is 5.97 Å². The van der Waals surface area contributed by atoms with Crippen molar-refractivity contribution in [1.82, 2.24) is 0 Å². The summed E-state index contributed by atoms with van der Waals surface area (Å²) >= 11 is 0. The van der Waals surface area contributed by atoms with E-state index < -0.39 is 24.9 Å². The zero-order chi connectivity index (χ0) is 8.15. The van der Waals surface area contributed by atoms with Gasteiger partial charge in [-0.1, -0.05) is 0 Å². The van der Waals surface area contributed by atoms with E-state index >= 15 is 0 Å². The summed E-state index contributed by atoms with van der Waals surface area (Å²) in [7, 11) is 1.08. The number of hydrogen-bond acceptors (Lipinski definition) is 2. The molecule has 0 spiro atoms. The van der Waals surface area contributed by atoms with Crippen molar-refractivity contribution in [1.29, 1.82) is 0 Å². The Labute approximate surface area is 56.6 Å². The van der Waals surface area contributed by atoms with Crippen LogP contribution in [-0.2, 0) is 9.53 Å². The molecule has 60 valence electrons. The zero-order valence-electron chi connectivity index (χ0n) is 5.38. The van der Waals surface area contributed by atoms with Crippen LogP contribution in [0.4, 0.5) is 8.78 Å². The van der Waals surface area contributed by atoms with Gasteiger partial charge in [0.1, 0.15) is 0 Å². The fraction of sp³-hybridized carbons (Fsp3) is 0.800. The highest BCUT2D eigenvalue weighted by Gasteiger charge is 2.20. The van der Waals surface area contributed by atoms with Crippen molar-refractivity contribution < 1.29 is 23.4 Å². The number of alkyl halides is 2. The van der Waals surface area contributed by atoms with E-state index in [-0.39, 0.29) is 0 Å². The highest BCUT2D eigenvalue weighted by Crippen LogP contribution is 2.06. The minimum atomic E-state index is -2.64. The molecule has 1 N–H and O–H groups in total. The number of carboxylic acid groups (broad SMARTS) is 1. The maximum Gasteiger partial charge on any atom is 0.333 e. The second-order valence-corrected chi connectivity index (χ2v) is 1.69. The Balaban J connectivity index is 3.72. The molecule has 0 aliphatic carbocycles. The highest BCUT2D eigenvalue weighted by atomic mass is 19.3. The summed E-state index contributed by atoms with van der Waals surface area (Å²) < 4.78 is 27.2. The largest absolute Gasteiger partial charge is 0.479 e. The first-order valence-electron chi connectivity index (χ1n) is 2.61. The Morgan fingerprint density at radius 2 is 2.20 bits per heavy atom. The molecule has 0 aromatic heterocycles. The summed E-state index contributed by atoms with van der Waals surface area (Å²) in [5.74, 6) is -1.36. The molecule has 0 aromatic carbocycles. The lowest BCUT2D eigenvalue weighted by atomic mass is 10.3. The van der Waals surface area contributed by atoms with Gasteiger partial charge in [0.2, 0.25) is 6.43 Å². The molecule has 0 radical (unpaired) electrons. The summed E-state index contributed by atoms with van der Waals surface area (Å²) in [5, 5.41) is 8.16. The molecule has 0 aliphatic rings. The van der Waals surface area contributed by atoms with Crippen LogP contribution in [0.5, 0.6) is 0 Å². The lowest BCUT2D eigenvalue weighted by Gasteiger charge is -2.07. The molecular formula is C5H8F2O3. The van der Waals surface area contributed by atoms with Crippen LogP contribution in [-0.4, -0.2) is 30.7 Å². The number of methoxy groups -OCH3 is 1. The second-order valence-electron chi connectivity index (χ2n) is 1.69. The van der Waals surface area contributed by atoms with Crippen molar-refractivity contribution in [3.63, 3.8) is 0 Å². The highest BCUT2D eigenvalue weighted by molar-refractivity contribution is 5.72. The molecule has 1 unspecified atom stereocenters. The maximum absolute atomic E-state index is 11.5. The van der Waals surface area contributed by atoms with Gasteiger partial charge in [0.25, 0.3) is 0 Å². The Hall–Kier alpha value is -0.710. The fourth-order valence-electron chi connectivity index (χ4n) is 0.460. The fourth-order valence-corrected chi connectivity index (χ4v) is 0.460. The van der Waals surface area contributed by atoms with E-state index in [2.05, 4.69) is 4.74 Å². The van der Waals surface area contributed by atoms with E-state index in [9.17, 15) is 13.6 Å². The first-order chi connectivity index (χ1) is 4.57. The van der Waals surface area contributed by atoms with Crippen molar-refractivity contribution in [3.8, 4) is 0 Å². The second kappa shape index (κ2) is 4.16. The van der Waals surface area contributed by atoms with E-state index in [1.807, 2.05) is 0 Å². The monoisotopic (exact) mass is 154 g/mol. The summed E-state index contributed by atoms with van der Waals surface area (Å²) in [5.41, 5.74) is 0. The molecule has 0 fully saturated rings. The van der Waals surface area contributed by atoms with Crippen LogP contribution in [0, 0.1) is 0 Å². The van der Waals surface area contributed by atoms with Gasteiger partial charge in [-0.05, 0) is 0 Å². The van der Waals surface area contributed by atoms with Crippen LogP contribution >= 0.6 is 0 Å². The number of carbonyl (C=O) groups is 1. The topological polar surface area (TPSA) is 46.5 Å². The number of ether oxygens (including phenoxy) is 1. The summed E-state index contributed by atoms with van der Waals surface area (Å²) in [4.78, 5) is 10.0. The van der Waals surface area contributed by atoms with E-state index in [0.29, 0.717) is 0 Å². The first kappa shape index (κ1) is 9.29. The SMILES string of the molecule is COC(CC(F)F)C(=O)O. The van der Waals surface area contributed by atoms with Crippen LogP contribution in [0.25, 0.3) is 0 Å². The molecule has 0 heterocycles. The summed E-state index contributed by atoms with van der Waals surface area (Å²) in [6.07, 6.45) is -4.78. The number of halogens is 2. The van der Waals surface area contributed by atoms with Gasteiger partial charge in [-0.3, -0.25) is 0 Å². The molecule has 0 aromatic rings. The Kier molecular flexibility index (Phi) is 3.87. The van der Waals surface area contributed by atoms with E-state index in [4.69, 9.17) is 5.11 Å². The van der Waals surface area contributed by atoms with Gasteiger partial charge in [0.15, 0.2) is 6.10 Å². The lowest BCUT2D eigenvalue weighted by molar-refractivity contribution is -0.150. The summed E-state index contributed by atoms with van der Waals surface area (Å²) in [6, 6.07) is 0. The van der Waals surface area contributed by atoms with E-state index in [0.717, 1.165) is 7.11 Å². The van der Waals surface area contributed by atoms with Gasteiger partial charge < -0.3 is 9.84 Å². The van der Waals surface area contributed by atoms with Crippen molar-refractivity contribution in [2.24, 2.45) is 0 Å². The Morgan fingerprint density at radius 1 is 1.70 bits per heavy atom. The maximum atomic E-state index is 11.5. The van der Waals surface area contributed by atoms with E-state index in [1.54, 1.807) is 0 Å². The predicted octanol–water partition coefficient (Wildman–Crippen LogP) is 0.741. The lowest BCUT2D eigenvalue weighted by Crippen LogP contribution is -2.24. The van der Waals surface area contributed by atoms with Crippen LogP contribution in [0.2, 0.25) is 0 Å². The molecule has 3 nitrogen and oxygen atoms in total. The first-order valence-corrected chi connectivity index (χ1v) is 2.61. The van der Waals surface area contributed by atoms with Crippen molar-refractivity contribution in [3.05, 3.63) is 0 Å². The average Bonchev–Trinajstić information content (AvgIpc) is 1.81. The molecule has 0 saturated carbocycles. The van der Waals surface area contributed by atoms with E-state index in [1.165, 1.54) is 0 Å². The van der Waals surface area contributed by atoms with Crippen LogP contribution in [0.1, 0.15) is 6.42 Å². The van der Waals surface area contributed by atoms with Crippen molar-refractivity contribution in [2.75, 3.05) is 7.11 Å².